The summed E-state index contributed by atoms with van der Waals surface area (Å²) < 4.78 is 36.3. The van der Waals surface area contributed by atoms with Crippen LogP contribution in [-0.4, -0.2) is 21.0 Å². The zero-order valence-corrected chi connectivity index (χ0v) is 7.10. The number of hydrogen-bond acceptors (Lipinski definition) is 3. The Bertz CT molecular complexity index is 380. The van der Waals surface area contributed by atoms with Gasteiger partial charge in [0.05, 0.1) is 6.20 Å². The molecule has 0 bridgehead atoms. The predicted octanol–water partition coefficient (Wildman–Crippen LogP) is 1.85. The first-order chi connectivity index (χ1) is 6.32. The van der Waals surface area contributed by atoms with Gasteiger partial charge in [-0.3, -0.25) is 0 Å². The molecule has 8 heteroatoms. The van der Waals surface area contributed by atoms with Crippen LogP contribution in [0.3, 0.4) is 0 Å². The number of carbonyl (C=O) groups is 1. The SMILES string of the molecule is O=C(O)c1cnc(Cl)c(C(F)(F)F)n1. The van der Waals surface area contributed by atoms with Gasteiger partial charge in [0.15, 0.2) is 16.5 Å². The van der Waals surface area contributed by atoms with Crippen molar-refractivity contribution in [3.8, 4) is 0 Å². The summed E-state index contributed by atoms with van der Waals surface area (Å²) in [6, 6.07) is 0. The van der Waals surface area contributed by atoms with Crippen molar-refractivity contribution in [2.75, 3.05) is 0 Å². The summed E-state index contributed by atoms with van der Waals surface area (Å²) in [5.41, 5.74) is -2.30. The number of aromatic carboxylic acids is 1. The Morgan fingerprint density at radius 3 is 2.50 bits per heavy atom. The lowest BCUT2D eigenvalue weighted by atomic mass is 10.4. The molecule has 14 heavy (non-hydrogen) atoms. The molecule has 1 heterocycles. The van der Waals surface area contributed by atoms with Gasteiger partial charge in [-0.05, 0) is 0 Å². The summed E-state index contributed by atoms with van der Waals surface area (Å²) in [7, 11) is 0. The third kappa shape index (κ3) is 2.11. The molecule has 0 amide bonds. The number of halogens is 4. The molecule has 0 radical (unpaired) electrons. The van der Waals surface area contributed by atoms with Gasteiger partial charge in [-0.25, -0.2) is 14.8 Å². The highest BCUT2D eigenvalue weighted by atomic mass is 35.5. The maximum atomic E-state index is 12.1. The van der Waals surface area contributed by atoms with Crippen molar-refractivity contribution < 1.29 is 23.1 Å². The zero-order chi connectivity index (χ0) is 10.9. The average molecular weight is 227 g/mol. The minimum atomic E-state index is -4.81. The van der Waals surface area contributed by atoms with Crippen LogP contribution in [0, 0.1) is 0 Å². The van der Waals surface area contributed by atoms with Gasteiger partial charge in [0.1, 0.15) is 0 Å². The Morgan fingerprint density at radius 2 is 2.07 bits per heavy atom. The second-order valence-corrected chi connectivity index (χ2v) is 2.56. The maximum absolute atomic E-state index is 12.1. The fourth-order valence-electron chi connectivity index (χ4n) is 0.658. The fourth-order valence-corrected chi connectivity index (χ4v) is 0.856. The van der Waals surface area contributed by atoms with E-state index in [0.717, 1.165) is 0 Å². The van der Waals surface area contributed by atoms with E-state index in [1.54, 1.807) is 0 Å². The smallest absolute Gasteiger partial charge is 0.436 e. The van der Waals surface area contributed by atoms with E-state index in [0.29, 0.717) is 6.20 Å². The normalized spacial score (nSPS) is 11.4. The van der Waals surface area contributed by atoms with Crippen LogP contribution in [0.5, 0.6) is 0 Å². The number of aromatic nitrogens is 2. The Kier molecular flexibility index (Phi) is 2.61. The summed E-state index contributed by atoms with van der Waals surface area (Å²) >= 11 is 5.10. The topological polar surface area (TPSA) is 63.1 Å². The molecule has 0 atom stereocenters. The van der Waals surface area contributed by atoms with Gasteiger partial charge < -0.3 is 5.11 Å². The summed E-state index contributed by atoms with van der Waals surface area (Å²) in [6.45, 7) is 0. The number of nitrogens with zero attached hydrogens (tertiary/aromatic N) is 2. The molecule has 0 saturated carbocycles. The monoisotopic (exact) mass is 226 g/mol. The molecule has 1 aromatic heterocycles. The van der Waals surface area contributed by atoms with Crippen molar-refractivity contribution >= 4 is 17.6 Å². The number of carboxylic acids is 1. The van der Waals surface area contributed by atoms with E-state index in [9.17, 15) is 18.0 Å². The van der Waals surface area contributed by atoms with Crippen LogP contribution < -0.4 is 0 Å². The van der Waals surface area contributed by atoms with Crippen LogP contribution in [0.25, 0.3) is 0 Å². The largest absolute Gasteiger partial charge is 0.476 e. The first-order valence-corrected chi connectivity index (χ1v) is 3.53. The lowest BCUT2D eigenvalue weighted by molar-refractivity contribution is -0.141. The molecule has 0 aliphatic rings. The molecule has 0 spiro atoms. The lowest BCUT2D eigenvalue weighted by Gasteiger charge is -2.06. The molecule has 4 nitrogen and oxygen atoms in total. The van der Waals surface area contributed by atoms with E-state index in [2.05, 4.69) is 9.97 Å². The standard InChI is InChI=1S/C6H2ClF3N2O2/c7-4-3(6(8,9)10)12-2(1-11-4)5(13)14/h1H,(H,13,14). The third-order valence-corrected chi connectivity index (χ3v) is 1.49. The number of rotatable bonds is 1. The third-order valence-electron chi connectivity index (χ3n) is 1.22. The van der Waals surface area contributed by atoms with Crippen LogP contribution in [-0.2, 0) is 6.18 Å². The second-order valence-electron chi connectivity index (χ2n) is 2.20. The van der Waals surface area contributed by atoms with Gasteiger partial charge >= 0.3 is 12.1 Å². The molecular formula is C6H2ClF3N2O2. The summed E-state index contributed by atoms with van der Waals surface area (Å²) in [6.07, 6.45) is -4.16. The van der Waals surface area contributed by atoms with E-state index in [1.165, 1.54) is 0 Å². The van der Waals surface area contributed by atoms with Crippen LogP contribution in [0.4, 0.5) is 13.2 Å². The van der Waals surface area contributed by atoms with E-state index in [4.69, 9.17) is 16.7 Å². The van der Waals surface area contributed by atoms with Gasteiger partial charge in [-0.15, -0.1) is 0 Å². The molecule has 0 unspecified atom stereocenters. The fraction of sp³-hybridized carbons (Fsp3) is 0.167. The number of alkyl halides is 3. The van der Waals surface area contributed by atoms with Gasteiger partial charge in [0, 0.05) is 0 Å². The lowest BCUT2D eigenvalue weighted by Crippen LogP contribution is -2.13. The molecular weight excluding hydrogens is 225 g/mol. The van der Waals surface area contributed by atoms with Crippen molar-refractivity contribution in [1.82, 2.24) is 9.97 Å². The van der Waals surface area contributed by atoms with E-state index < -0.39 is 28.7 Å². The highest BCUT2D eigenvalue weighted by Gasteiger charge is 2.36. The summed E-state index contributed by atoms with van der Waals surface area (Å²) in [4.78, 5) is 16.2. The van der Waals surface area contributed by atoms with Crippen LogP contribution in [0.15, 0.2) is 6.20 Å². The van der Waals surface area contributed by atoms with Crippen molar-refractivity contribution in [3.05, 3.63) is 22.7 Å². The highest BCUT2D eigenvalue weighted by Crippen LogP contribution is 2.31. The van der Waals surface area contributed by atoms with Crippen molar-refractivity contribution in [1.29, 1.82) is 0 Å². The first kappa shape index (κ1) is 10.7. The average Bonchev–Trinajstić information content (AvgIpc) is 2.02. The van der Waals surface area contributed by atoms with E-state index in [1.807, 2.05) is 0 Å². The maximum Gasteiger partial charge on any atom is 0.436 e. The molecule has 0 aliphatic heterocycles. The van der Waals surface area contributed by atoms with E-state index in [-0.39, 0.29) is 0 Å². The minimum absolute atomic E-state index is 0.653. The quantitative estimate of drug-likeness (QED) is 0.794. The predicted molar refractivity (Wildman–Crippen MR) is 39.0 cm³/mol. The Hall–Kier alpha value is -1.37. The molecule has 1 N–H and O–H groups in total. The summed E-state index contributed by atoms with van der Waals surface area (Å²) in [5, 5.41) is 7.48. The molecule has 1 aromatic rings. The summed E-state index contributed by atoms with van der Waals surface area (Å²) in [5.74, 6) is -1.60. The van der Waals surface area contributed by atoms with Crippen molar-refractivity contribution in [3.63, 3.8) is 0 Å². The molecule has 0 aliphatic carbocycles. The molecule has 0 saturated heterocycles. The van der Waals surface area contributed by atoms with Crippen LogP contribution in [0.2, 0.25) is 5.15 Å². The first-order valence-electron chi connectivity index (χ1n) is 3.15. The Balaban J connectivity index is 3.29. The van der Waals surface area contributed by atoms with Crippen LogP contribution in [0.1, 0.15) is 16.2 Å². The molecule has 76 valence electrons. The van der Waals surface area contributed by atoms with Gasteiger partial charge in [-0.2, -0.15) is 13.2 Å². The van der Waals surface area contributed by atoms with Crippen LogP contribution >= 0.6 is 11.6 Å². The highest BCUT2D eigenvalue weighted by molar-refractivity contribution is 6.30. The molecule has 0 aromatic carbocycles. The second kappa shape index (κ2) is 3.41. The van der Waals surface area contributed by atoms with Gasteiger partial charge in [0.25, 0.3) is 0 Å². The van der Waals surface area contributed by atoms with Crippen molar-refractivity contribution in [2.45, 2.75) is 6.18 Å². The Labute approximate surface area is 80.4 Å². The zero-order valence-electron chi connectivity index (χ0n) is 6.34. The number of hydrogen-bond donors (Lipinski definition) is 1. The number of carboxylic acid groups (broad SMARTS) is 1. The van der Waals surface area contributed by atoms with Gasteiger partial charge in [0.2, 0.25) is 0 Å². The molecule has 1 rings (SSSR count). The van der Waals surface area contributed by atoms with Crippen molar-refractivity contribution in [2.24, 2.45) is 0 Å². The minimum Gasteiger partial charge on any atom is -0.476 e. The van der Waals surface area contributed by atoms with Gasteiger partial charge in [-0.1, -0.05) is 11.6 Å². The van der Waals surface area contributed by atoms with E-state index >= 15 is 0 Å². The Morgan fingerprint density at radius 1 is 1.50 bits per heavy atom. The molecule has 0 fully saturated rings.